The smallest absolute Gasteiger partial charge is 0.193 e. The molecule has 0 spiro atoms. The van der Waals surface area contributed by atoms with Crippen molar-refractivity contribution >= 4 is 5.78 Å². The fourth-order valence-corrected chi connectivity index (χ4v) is 2.02. The number of aliphatic hydroxyl groups excluding tert-OH is 1. The van der Waals surface area contributed by atoms with Crippen LogP contribution in [0.2, 0.25) is 0 Å². The van der Waals surface area contributed by atoms with E-state index in [2.05, 4.69) is 0 Å². The zero-order valence-corrected chi connectivity index (χ0v) is 12.2. The molecule has 2 aromatic carbocycles. The average Bonchev–Trinajstić information content (AvgIpc) is 2.48. The standard InChI is InChI=1S/C18H18O3/c1-13-8-9-16(12-21-11-14(2)19)17(10-13)18(20)15-6-4-3-5-7-15/h3-11,19H,12H2,1-2H3. The van der Waals surface area contributed by atoms with Crippen LogP contribution in [0.25, 0.3) is 0 Å². The largest absolute Gasteiger partial charge is 0.509 e. The minimum absolute atomic E-state index is 0.0254. The van der Waals surface area contributed by atoms with Gasteiger partial charge in [-0.15, -0.1) is 0 Å². The van der Waals surface area contributed by atoms with Crippen molar-refractivity contribution in [2.75, 3.05) is 0 Å². The van der Waals surface area contributed by atoms with Gasteiger partial charge in [-0.05, 0) is 19.9 Å². The van der Waals surface area contributed by atoms with E-state index in [1.54, 1.807) is 12.1 Å². The van der Waals surface area contributed by atoms with Gasteiger partial charge >= 0.3 is 0 Å². The number of aliphatic hydroxyl groups is 1. The number of aryl methyl sites for hydroxylation is 1. The van der Waals surface area contributed by atoms with Crippen LogP contribution >= 0.6 is 0 Å². The summed E-state index contributed by atoms with van der Waals surface area (Å²) >= 11 is 0. The molecule has 0 aliphatic carbocycles. The first-order valence-electron chi connectivity index (χ1n) is 6.74. The van der Waals surface area contributed by atoms with E-state index in [9.17, 15) is 4.79 Å². The summed E-state index contributed by atoms with van der Waals surface area (Å²) in [6, 6.07) is 14.9. The number of carbonyl (C=O) groups excluding carboxylic acids is 1. The first kappa shape index (κ1) is 14.9. The monoisotopic (exact) mass is 282 g/mol. The normalized spacial score (nSPS) is 11.2. The summed E-state index contributed by atoms with van der Waals surface area (Å²) in [5, 5.41) is 9.10. The molecule has 0 aromatic heterocycles. The highest BCUT2D eigenvalue weighted by molar-refractivity contribution is 6.10. The fraction of sp³-hybridized carbons (Fsp3) is 0.167. The summed E-state index contributed by atoms with van der Waals surface area (Å²) in [6.07, 6.45) is 1.27. The molecule has 2 aromatic rings. The van der Waals surface area contributed by atoms with E-state index in [1.807, 2.05) is 43.3 Å². The first-order chi connectivity index (χ1) is 10.1. The summed E-state index contributed by atoms with van der Waals surface area (Å²) in [4.78, 5) is 12.6. The molecule has 108 valence electrons. The minimum Gasteiger partial charge on any atom is -0.509 e. The zero-order chi connectivity index (χ0) is 15.2. The number of ketones is 1. The van der Waals surface area contributed by atoms with Crippen LogP contribution in [0, 0.1) is 6.92 Å². The minimum atomic E-state index is -0.0254. The molecule has 3 heteroatoms. The Morgan fingerprint density at radius 2 is 1.90 bits per heavy atom. The van der Waals surface area contributed by atoms with Crippen LogP contribution in [0.15, 0.2) is 60.6 Å². The van der Waals surface area contributed by atoms with Crippen molar-refractivity contribution in [1.29, 1.82) is 0 Å². The SMILES string of the molecule is CC(O)=COCc1ccc(C)cc1C(=O)c1ccccc1. The predicted octanol–water partition coefficient (Wildman–Crippen LogP) is 4.16. The lowest BCUT2D eigenvalue weighted by molar-refractivity contribution is 0.103. The number of carbonyl (C=O) groups is 1. The molecule has 0 radical (unpaired) electrons. The van der Waals surface area contributed by atoms with E-state index >= 15 is 0 Å². The van der Waals surface area contributed by atoms with Crippen LogP contribution in [0.5, 0.6) is 0 Å². The quantitative estimate of drug-likeness (QED) is 0.661. The van der Waals surface area contributed by atoms with Crippen molar-refractivity contribution in [2.45, 2.75) is 20.5 Å². The lowest BCUT2D eigenvalue weighted by atomic mass is 9.97. The van der Waals surface area contributed by atoms with Gasteiger partial charge in [0.15, 0.2) is 5.78 Å². The molecular formula is C18H18O3. The molecule has 21 heavy (non-hydrogen) atoms. The molecular weight excluding hydrogens is 264 g/mol. The molecule has 0 fully saturated rings. The van der Waals surface area contributed by atoms with Crippen molar-refractivity contribution in [3.8, 4) is 0 Å². The van der Waals surface area contributed by atoms with Crippen LogP contribution in [0.1, 0.15) is 34.0 Å². The molecule has 0 unspecified atom stereocenters. The highest BCUT2D eigenvalue weighted by atomic mass is 16.5. The number of benzene rings is 2. The van der Waals surface area contributed by atoms with Gasteiger partial charge in [-0.2, -0.15) is 0 Å². The van der Waals surface area contributed by atoms with Crippen LogP contribution in [0.4, 0.5) is 0 Å². The van der Waals surface area contributed by atoms with Gasteiger partial charge in [0.25, 0.3) is 0 Å². The van der Waals surface area contributed by atoms with Gasteiger partial charge in [0.1, 0.15) is 18.6 Å². The van der Waals surface area contributed by atoms with E-state index in [1.165, 1.54) is 13.2 Å². The summed E-state index contributed by atoms with van der Waals surface area (Å²) in [6.45, 7) is 3.72. The second kappa shape index (κ2) is 6.75. The van der Waals surface area contributed by atoms with Gasteiger partial charge < -0.3 is 9.84 Å². The maximum atomic E-state index is 12.6. The highest BCUT2D eigenvalue weighted by Crippen LogP contribution is 2.18. The average molecular weight is 282 g/mol. The predicted molar refractivity (Wildman–Crippen MR) is 82.2 cm³/mol. The molecule has 0 saturated carbocycles. The topological polar surface area (TPSA) is 46.5 Å². The number of hydrogen-bond donors (Lipinski definition) is 1. The molecule has 1 N–H and O–H groups in total. The molecule has 0 aliphatic rings. The summed E-state index contributed by atoms with van der Waals surface area (Å²) in [5.74, 6) is 0.0700. The second-order valence-electron chi connectivity index (χ2n) is 4.93. The Morgan fingerprint density at radius 3 is 2.57 bits per heavy atom. The lowest BCUT2D eigenvalue weighted by Gasteiger charge is -2.10. The molecule has 0 bridgehead atoms. The molecule has 0 aliphatic heterocycles. The van der Waals surface area contributed by atoms with E-state index in [4.69, 9.17) is 9.84 Å². The summed E-state index contributed by atoms with van der Waals surface area (Å²) in [7, 11) is 0. The lowest BCUT2D eigenvalue weighted by Crippen LogP contribution is -2.06. The van der Waals surface area contributed by atoms with E-state index in [-0.39, 0.29) is 18.1 Å². The van der Waals surface area contributed by atoms with Gasteiger partial charge in [-0.3, -0.25) is 4.79 Å². The van der Waals surface area contributed by atoms with Crippen molar-refractivity contribution in [3.05, 3.63) is 82.8 Å². The highest BCUT2D eigenvalue weighted by Gasteiger charge is 2.13. The molecule has 0 saturated heterocycles. The van der Waals surface area contributed by atoms with Gasteiger partial charge in [-0.25, -0.2) is 0 Å². The van der Waals surface area contributed by atoms with Crippen molar-refractivity contribution < 1.29 is 14.6 Å². The van der Waals surface area contributed by atoms with Crippen molar-refractivity contribution in [1.82, 2.24) is 0 Å². The van der Waals surface area contributed by atoms with Gasteiger partial charge in [0.05, 0.1) is 0 Å². The number of rotatable bonds is 5. The molecule has 2 rings (SSSR count). The Bertz CT molecular complexity index is 653. The number of allylic oxidation sites excluding steroid dienone is 1. The molecule has 3 nitrogen and oxygen atoms in total. The first-order valence-corrected chi connectivity index (χ1v) is 6.74. The van der Waals surface area contributed by atoms with Crippen LogP contribution in [-0.4, -0.2) is 10.9 Å². The van der Waals surface area contributed by atoms with Gasteiger partial charge in [0.2, 0.25) is 0 Å². The molecule has 0 atom stereocenters. The number of ether oxygens (including phenoxy) is 1. The maximum absolute atomic E-state index is 12.6. The van der Waals surface area contributed by atoms with Crippen LogP contribution < -0.4 is 0 Å². The summed E-state index contributed by atoms with van der Waals surface area (Å²) in [5.41, 5.74) is 3.10. The van der Waals surface area contributed by atoms with E-state index < -0.39 is 0 Å². The summed E-state index contributed by atoms with van der Waals surface area (Å²) < 4.78 is 5.28. The molecule has 0 heterocycles. The Kier molecular flexibility index (Phi) is 4.77. The van der Waals surface area contributed by atoms with Gasteiger partial charge in [-0.1, -0.05) is 48.0 Å². The van der Waals surface area contributed by atoms with E-state index in [0.717, 1.165) is 11.1 Å². The third-order valence-corrected chi connectivity index (χ3v) is 3.04. The van der Waals surface area contributed by atoms with Crippen LogP contribution in [-0.2, 0) is 11.3 Å². The zero-order valence-electron chi connectivity index (χ0n) is 12.2. The Hall–Kier alpha value is -2.55. The second-order valence-corrected chi connectivity index (χ2v) is 4.93. The third kappa shape index (κ3) is 3.96. The Morgan fingerprint density at radius 1 is 1.19 bits per heavy atom. The van der Waals surface area contributed by atoms with Crippen LogP contribution in [0.3, 0.4) is 0 Å². The number of hydrogen-bond acceptors (Lipinski definition) is 3. The van der Waals surface area contributed by atoms with E-state index in [0.29, 0.717) is 11.1 Å². The van der Waals surface area contributed by atoms with Crippen molar-refractivity contribution in [3.63, 3.8) is 0 Å². The van der Waals surface area contributed by atoms with Crippen molar-refractivity contribution in [2.24, 2.45) is 0 Å². The maximum Gasteiger partial charge on any atom is 0.193 e. The van der Waals surface area contributed by atoms with Gasteiger partial charge in [0, 0.05) is 16.7 Å². The Balaban J connectivity index is 2.31. The molecule has 0 amide bonds. The third-order valence-electron chi connectivity index (χ3n) is 3.04. The fourth-order valence-electron chi connectivity index (χ4n) is 2.02. The Labute approximate surface area is 124 Å².